The number of aromatic nitrogens is 2. The summed E-state index contributed by atoms with van der Waals surface area (Å²) in [5.41, 5.74) is 3.31. The van der Waals surface area contributed by atoms with E-state index in [2.05, 4.69) is 51.8 Å². The SMILES string of the molecule is CC[C@@H]1CSC2=N[C@H](c3ccccn3)[C@@H](c3cccn3-c3cccc(Cl)c3)N21. The van der Waals surface area contributed by atoms with Crippen molar-refractivity contribution in [1.82, 2.24) is 14.5 Å². The molecule has 0 amide bonds. The molecular formula is C22H21ClN4S. The van der Waals surface area contributed by atoms with Crippen molar-refractivity contribution in [1.29, 1.82) is 0 Å². The zero-order chi connectivity index (χ0) is 19.1. The number of pyridine rings is 1. The first-order valence-electron chi connectivity index (χ1n) is 9.59. The molecule has 28 heavy (non-hydrogen) atoms. The van der Waals surface area contributed by atoms with Crippen molar-refractivity contribution >= 4 is 28.5 Å². The highest BCUT2D eigenvalue weighted by molar-refractivity contribution is 8.14. The molecule has 4 nitrogen and oxygen atoms in total. The summed E-state index contributed by atoms with van der Waals surface area (Å²) in [5, 5.41) is 1.89. The molecule has 5 rings (SSSR count). The fraction of sp³-hybridized carbons (Fsp3) is 0.273. The number of nitrogens with zero attached hydrogens (tertiary/aromatic N) is 4. The molecule has 2 aromatic heterocycles. The van der Waals surface area contributed by atoms with Gasteiger partial charge < -0.3 is 9.47 Å². The van der Waals surface area contributed by atoms with Crippen molar-refractivity contribution in [3.63, 3.8) is 0 Å². The van der Waals surface area contributed by atoms with Gasteiger partial charge in [0.2, 0.25) is 0 Å². The van der Waals surface area contributed by atoms with E-state index in [0.29, 0.717) is 6.04 Å². The average molecular weight is 409 g/mol. The third-order valence-electron chi connectivity index (χ3n) is 5.50. The van der Waals surface area contributed by atoms with Gasteiger partial charge in [0.15, 0.2) is 5.17 Å². The Morgan fingerprint density at radius 2 is 2.07 bits per heavy atom. The Hall–Kier alpha value is -2.24. The highest BCUT2D eigenvalue weighted by atomic mass is 35.5. The van der Waals surface area contributed by atoms with Crippen LogP contribution in [0.25, 0.3) is 5.69 Å². The molecule has 1 fully saturated rings. The fourth-order valence-corrected chi connectivity index (χ4v) is 5.69. The van der Waals surface area contributed by atoms with Gasteiger partial charge in [0.1, 0.15) is 12.1 Å². The zero-order valence-corrected chi connectivity index (χ0v) is 17.1. The molecule has 0 N–H and O–H groups in total. The van der Waals surface area contributed by atoms with Crippen molar-refractivity contribution in [3.05, 3.63) is 83.4 Å². The van der Waals surface area contributed by atoms with Crippen LogP contribution in [0.2, 0.25) is 5.02 Å². The minimum absolute atomic E-state index is 0.00844. The van der Waals surface area contributed by atoms with Crippen molar-refractivity contribution in [3.8, 4) is 5.69 Å². The van der Waals surface area contributed by atoms with Gasteiger partial charge in [-0.3, -0.25) is 9.98 Å². The molecule has 0 radical (unpaired) electrons. The fourth-order valence-electron chi connectivity index (χ4n) is 4.17. The normalized spacial score (nSPS) is 23.7. The van der Waals surface area contributed by atoms with E-state index in [1.54, 1.807) is 0 Å². The minimum atomic E-state index is -0.00844. The van der Waals surface area contributed by atoms with Crippen LogP contribution in [0.5, 0.6) is 0 Å². The largest absolute Gasteiger partial charge is 0.337 e. The highest BCUT2D eigenvalue weighted by Gasteiger charge is 2.46. The van der Waals surface area contributed by atoms with Crippen LogP contribution in [0.3, 0.4) is 0 Å². The summed E-state index contributed by atoms with van der Waals surface area (Å²) >= 11 is 8.14. The van der Waals surface area contributed by atoms with Crippen molar-refractivity contribution in [2.24, 2.45) is 4.99 Å². The van der Waals surface area contributed by atoms with Crippen LogP contribution in [0.15, 0.2) is 72.0 Å². The van der Waals surface area contributed by atoms with E-state index in [0.717, 1.165) is 33.7 Å². The Morgan fingerprint density at radius 3 is 2.86 bits per heavy atom. The number of benzene rings is 1. The molecule has 0 aliphatic carbocycles. The second-order valence-corrected chi connectivity index (χ2v) is 8.54. The van der Waals surface area contributed by atoms with E-state index in [4.69, 9.17) is 16.6 Å². The molecule has 3 atom stereocenters. The molecule has 1 saturated heterocycles. The number of aliphatic imine (C=N–C) groups is 1. The van der Waals surface area contributed by atoms with Crippen molar-refractivity contribution in [2.45, 2.75) is 31.5 Å². The number of hydrogen-bond donors (Lipinski definition) is 0. The summed E-state index contributed by atoms with van der Waals surface area (Å²) in [7, 11) is 0. The molecule has 4 heterocycles. The van der Waals surface area contributed by atoms with Gasteiger partial charge >= 0.3 is 0 Å². The smallest absolute Gasteiger partial charge is 0.160 e. The van der Waals surface area contributed by atoms with Crippen LogP contribution in [-0.2, 0) is 0 Å². The molecular weight excluding hydrogens is 388 g/mol. The first-order valence-corrected chi connectivity index (χ1v) is 11.0. The molecule has 2 aliphatic rings. The molecule has 3 aromatic rings. The maximum Gasteiger partial charge on any atom is 0.160 e. The van der Waals surface area contributed by atoms with Crippen LogP contribution in [0, 0.1) is 0 Å². The van der Waals surface area contributed by atoms with E-state index in [9.17, 15) is 0 Å². The van der Waals surface area contributed by atoms with Crippen molar-refractivity contribution in [2.75, 3.05) is 5.75 Å². The van der Waals surface area contributed by atoms with E-state index in [1.165, 1.54) is 5.69 Å². The van der Waals surface area contributed by atoms with Gasteiger partial charge in [0.05, 0.1) is 5.69 Å². The second-order valence-electron chi connectivity index (χ2n) is 7.12. The lowest BCUT2D eigenvalue weighted by molar-refractivity contribution is 0.249. The summed E-state index contributed by atoms with van der Waals surface area (Å²) in [5.74, 6) is 1.10. The Morgan fingerprint density at radius 1 is 1.14 bits per heavy atom. The second kappa shape index (κ2) is 7.30. The maximum atomic E-state index is 6.27. The molecule has 1 aromatic carbocycles. The van der Waals surface area contributed by atoms with Gasteiger partial charge in [0, 0.05) is 40.6 Å². The van der Waals surface area contributed by atoms with Crippen LogP contribution in [-0.4, -0.2) is 31.4 Å². The third kappa shape index (κ3) is 2.93. The molecule has 0 bridgehead atoms. The van der Waals surface area contributed by atoms with Crippen LogP contribution >= 0.6 is 23.4 Å². The Bertz CT molecular complexity index is 1020. The van der Waals surface area contributed by atoms with Gasteiger partial charge in [-0.25, -0.2) is 0 Å². The summed E-state index contributed by atoms with van der Waals surface area (Å²) in [4.78, 5) is 12.3. The van der Waals surface area contributed by atoms with Crippen LogP contribution in [0.4, 0.5) is 0 Å². The standard InChI is InChI=1S/C22H21ClN4S/c1-2-16-14-28-22-25-20(18-9-3-4-11-24-18)21(27(16)22)19-10-6-12-26(19)17-8-5-7-15(23)13-17/h3-13,16,20-21H,2,14H2,1H3/t16-,20-,21-/m1/s1. The van der Waals surface area contributed by atoms with E-state index < -0.39 is 0 Å². The Kier molecular flexibility index (Phi) is 4.65. The summed E-state index contributed by atoms with van der Waals surface area (Å²) in [6.45, 7) is 2.26. The van der Waals surface area contributed by atoms with Gasteiger partial charge in [-0.1, -0.05) is 42.4 Å². The predicted molar refractivity (Wildman–Crippen MR) is 116 cm³/mol. The van der Waals surface area contributed by atoms with Gasteiger partial charge in [-0.05, 0) is 48.9 Å². The average Bonchev–Trinajstić information content (AvgIpc) is 3.43. The molecule has 142 valence electrons. The predicted octanol–water partition coefficient (Wildman–Crippen LogP) is 5.51. The first-order chi connectivity index (χ1) is 13.8. The zero-order valence-electron chi connectivity index (χ0n) is 15.6. The Labute approximate surface area is 174 Å². The Balaban J connectivity index is 1.63. The van der Waals surface area contributed by atoms with Gasteiger partial charge in [0.25, 0.3) is 0 Å². The van der Waals surface area contributed by atoms with Gasteiger partial charge in [-0.15, -0.1) is 0 Å². The maximum absolute atomic E-state index is 6.27. The van der Waals surface area contributed by atoms with Crippen LogP contribution in [0.1, 0.15) is 36.8 Å². The topological polar surface area (TPSA) is 33.4 Å². The molecule has 2 aliphatic heterocycles. The van der Waals surface area contributed by atoms with E-state index in [1.807, 2.05) is 48.3 Å². The summed E-state index contributed by atoms with van der Waals surface area (Å²) in [6, 6.07) is 19.0. The minimum Gasteiger partial charge on any atom is -0.337 e. The molecule has 0 unspecified atom stereocenters. The monoisotopic (exact) mass is 408 g/mol. The quantitative estimate of drug-likeness (QED) is 0.571. The summed E-state index contributed by atoms with van der Waals surface area (Å²) < 4.78 is 2.24. The molecule has 6 heteroatoms. The number of fused-ring (bicyclic) bond motifs is 1. The number of thioether (sulfide) groups is 1. The highest BCUT2D eigenvalue weighted by Crippen LogP contribution is 2.48. The molecule has 0 spiro atoms. The number of hydrogen-bond acceptors (Lipinski definition) is 4. The lowest BCUT2D eigenvalue weighted by Crippen LogP contribution is -2.36. The van der Waals surface area contributed by atoms with Crippen molar-refractivity contribution < 1.29 is 0 Å². The third-order valence-corrected chi connectivity index (χ3v) is 6.86. The van der Waals surface area contributed by atoms with E-state index >= 15 is 0 Å². The lowest BCUT2D eigenvalue weighted by Gasteiger charge is -2.32. The first kappa shape index (κ1) is 17.8. The summed E-state index contributed by atoms with van der Waals surface area (Å²) in [6.07, 6.45) is 5.07. The van der Waals surface area contributed by atoms with Crippen LogP contribution < -0.4 is 0 Å². The van der Waals surface area contributed by atoms with Gasteiger partial charge in [-0.2, -0.15) is 0 Å². The number of halogens is 1. The number of rotatable bonds is 4. The lowest BCUT2D eigenvalue weighted by atomic mass is 9.99. The van der Waals surface area contributed by atoms with E-state index in [-0.39, 0.29) is 12.1 Å². The number of amidine groups is 1. The molecule has 0 saturated carbocycles.